The van der Waals surface area contributed by atoms with E-state index in [4.69, 9.17) is 27.2 Å². The number of anilines is 2. The van der Waals surface area contributed by atoms with Gasteiger partial charge in [-0.3, -0.25) is 9.59 Å². The van der Waals surface area contributed by atoms with Gasteiger partial charge in [0.25, 0.3) is 0 Å². The van der Waals surface area contributed by atoms with Crippen molar-refractivity contribution in [2.75, 3.05) is 62.3 Å². The minimum absolute atomic E-state index is 0.0879. The van der Waals surface area contributed by atoms with E-state index in [1.54, 1.807) is 35.2 Å². The van der Waals surface area contributed by atoms with Gasteiger partial charge in [-0.2, -0.15) is 36.9 Å². The summed E-state index contributed by atoms with van der Waals surface area (Å²) in [4.78, 5) is 43.7. The molecule has 2 aromatic heterocycles. The predicted octanol–water partition coefficient (Wildman–Crippen LogP) is 10.2. The van der Waals surface area contributed by atoms with Gasteiger partial charge in [-0.05, 0) is 150 Å². The average molecular weight is 1070 g/mol. The third-order valence-corrected chi connectivity index (χ3v) is 14.7. The number of hydrogen-bond donors (Lipinski definition) is 3. The first kappa shape index (κ1) is 58.5. The Morgan fingerprint density at radius 1 is 0.627 bits per heavy atom. The van der Waals surface area contributed by atoms with E-state index in [0.717, 1.165) is 69.2 Å². The molecule has 5 heterocycles. The molecule has 3 saturated heterocycles. The molecule has 0 amide bonds. The highest BCUT2D eigenvalue weighted by Gasteiger charge is 2.39. The standard InChI is InChI=1S/C28H33F3N4O2.C21H20ClF3N4O.C6H13NO/c29-28(30,31)27-33-24(22-12-10-21(18-36)11-13-22)15-26(34-27)35-14-2-4-23(17-35)25(37)5-1-3-19-6-8-20(16-32)9-7-19;22-18-11-19(28-20(27-18)21(23,24)25)29-10-2-4-16(13-29)17(30)5-1-3-14-6-8-15(12-26)9-7-14;8-5-6-1-3-7-4-2-6/h6-9,15,21-23,36H,1-5,10-14,17-18H2;6-9,11,16H,1-5,10,13H2;6-8H,1-5H2/t21?,22?,23-;16-;/m11./s1. The Morgan fingerprint density at radius 2 is 1.07 bits per heavy atom. The van der Waals surface area contributed by atoms with Gasteiger partial charge in [-0.15, -0.1) is 0 Å². The largest absolute Gasteiger partial charge is 0.451 e. The van der Waals surface area contributed by atoms with E-state index in [-0.39, 0.29) is 58.6 Å². The van der Waals surface area contributed by atoms with Crippen LogP contribution >= 0.6 is 11.6 Å². The highest BCUT2D eigenvalue weighted by Crippen LogP contribution is 2.38. The number of piperidine rings is 3. The number of Topliss-reactive ketones (excluding diaryl/α,β-unsaturated/α-hetero) is 2. The van der Waals surface area contributed by atoms with Crippen molar-refractivity contribution in [1.29, 1.82) is 10.5 Å². The van der Waals surface area contributed by atoms with E-state index < -0.39 is 24.0 Å². The van der Waals surface area contributed by atoms with Gasteiger partial charge >= 0.3 is 12.4 Å². The number of rotatable bonds is 15. The van der Waals surface area contributed by atoms with Crippen LogP contribution in [-0.2, 0) is 34.8 Å². The number of halogens is 7. The maximum atomic E-state index is 13.7. The first-order valence-electron chi connectivity index (χ1n) is 26.0. The Balaban J connectivity index is 0.000000215. The summed E-state index contributed by atoms with van der Waals surface area (Å²) in [5, 5.41) is 38.8. The molecular formula is C55H66ClF6N9O4. The summed E-state index contributed by atoms with van der Waals surface area (Å²) < 4.78 is 79.9. The second-order valence-electron chi connectivity index (χ2n) is 19.9. The Kier molecular flexibility index (Phi) is 22.2. The number of aryl methyl sites for hydroxylation is 2. The zero-order valence-electron chi connectivity index (χ0n) is 42.1. The number of carbonyl (C=O) groups is 2. The SMILES string of the molecule is N#Cc1ccc(CCCC(=O)[C@@H]2CCCN(c3cc(C4CCC(CO)CC4)nc(C(F)(F)F)n3)C2)cc1.N#Cc1ccc(CCCC(=O)[C@@H]2CCCN(c3cc(Cl)nc(C(F)(F)F)n3)C2)cc1.OCC1CCNCC1. The van der Waals surface area contributed by atoms with Gasteiger partial charge < -0.3 is 25.3 Å². The van der Waals surface area contributed by atoms with Crippen molar-refractivity contribution in [1.82, 2.24) is 25.3 Å². The van der Waals surface area contributed by atoms with Crippen molar-refractivity contribution in [3.63, 3.8) is 0 Å². The topological polar surface area (TPSA) is 192 Å². The summed E-state index contributed by atoms with van der Waals surface area (Å²) >= 11 is 5.76. The molecule has 2 aromatic carbocycles. The van der Waals surface area contributed by atoms with Crippen molar-refractivity contribution in [3.8, 4) is 12.1 Å². The summed E-state index contributed by atoms with van der Waals surface area (Å²) in [6.45, 7) is 4.41. The Bertz CT molecular complexity index is 2540. The third-order valence-electron chi connectivity index (χ3n) is 14.5. The van der Waals surface area contributed by atoms with Gasteiger partial charge in [0.2, 0.25) is 11.6 Å². The fourth-order valence-corrected chi connectivity index (χ4v) is 10.3. The molecule has 0 radical (unpaired) electrons. The quantitative estimate of drug-likeness (QED) is 0.0753. The molecule has 0 spiro atoms. The maximum absolute atomic E-state index is 13.7. The highest BCUT2D eigenvalue weighted by molar-refractivity contribution is 6.29. The number of aliphatic hydroxyl groups excluding tert-OH is 2. The van der Waals surface area contributed by atoms with Crippen LogP contribution in [0.3, 0.4) is 0 Å². The molecule has 13 nitrogen and oxygen atoms in total. The van der Waals surface area contributed by atoms with Gasteiger partial charge in [-0.25, -0.2) is 19.9 Å². The monoisotopic (exact) mass is 1070 g/mol. The van der Waals surface area contributed by atoms with Crippen LogP contribution in [0, 0.1) is 46.3 Å². The summed E-state index contributed by atoms with van der Waals surface area (Å²) in [6, 6.07) is 21.7. The molecule has 4 aromatic rings. The van der Waals surface area contributed by atoms with Crippen molar-refractivity contribution in [2.24, 2.45) is 23.7 Å². The second-order valence-corrected chi connectivity index (χ2v) is 20.3. The first-order valence-corrected chi connectivity index (χ1v) is 26.4. The molecule has 1 aliphatic carbocycles. The van der Waals surface area contributed by atoms with E-state index in [2.05, 4.69) is 37.4 Å². The molecule has 404 valence electrons. The molecule has 3 aliphatic heterocycles. The fourth-order valence-electron chi connectivity index (χ4n) is 10.1. The van der Waals surface area contributed by atoms with Crippen molar-refractivity contribution >= 4 is 34.8 Å². The van der Waals surface area contributed by atoms with E-state index in [0.29, 0.717) is 113 Å². The van der Waals surface area contributed by atoms with Crippen molar-refractivity contribution in [2.45, 2.75) is 121 Å². The van der Waals surface area contributed by atoms with Crippen molar-refractivity contribution in [3.05, 3.63) is 105 Å². The molecule has 8 rings (SSSR count). The first-order chi connectivity index (χ1) is 36.0. The van der Waals surface area contributed by atoms with Crippen LogP contribution in [0.1, 0.15) is 135 Å². The number of alkyl halides is 6. The number of aromatic nitrogens is 4. The van der Waals surface area contributed by atoms with Crippen LogP contribution in [0.15, 0.2) is 60.7 Å². The molecule has 1 saturated carbocycles. The fraction of sp³-hybridized carbons (Fsp3) is 0.564. The third kappa shape index (κ3) is 18.2. The molecule has 0 unspecified atom stereocenters. The van der Waals surface area contributed by atoms with Crippen LogP contribution in [0.4, 0.5) is 38.0 Å². The maximum Gasteiger partial charge on any atom is 0.451 e. The molecule has 20 heteroatoms. The van der Waals surface area contributed by atoms with Crippen LogP contribution in [0.25, 0.3) is 0 Å². The average Bonchev–Trinajstić information content (AvgIpc) is 3.43. The highest BCUT2D eigenvalue weighted by atomic mass is 35.5. The van der Waals surface area contributed by atoms with Gasteiger partial charge in [0.05, 0.1) is 23.3 Å². The second kappa shape index (κ2) is 28.4. The van der Waals surface area contributed by atoms with Gasteiger partial charge in [-0.1, -0.05) is 35.9 Å². The molecule has 4 fully saturated rings. The lowest BCUT2D eigenvalue weighted by molar-refractivity contribution is -0.145. The number of benzene rings is 2. The summed E-state index contributed by atoms with van der Waals surface area (Å²) in [6.07, 6.45) is 2.36. The zero-order valence-corrected chi connectivity index (χ0v) is 42.8. The Labute approximate surface area is 439 Å². The Hall–Kier alpha value is -5.73. The number of aliphatic hydroxyl groups is 2. The minimum Gasteiger partial charge on any atom is -0.396 e. The van der Waals surface area contributed by atoms with Crippen LogP contribution in [0.2, 0.25) is 5.15 Å². The van der Waals surface area contributed by atoms with Gasteiger partial charge in [0, 0.05) is 87.8 Å². The lowest BCUT2D eigenvalue weighted by Crippen LogP contribution is -2.39. The minimum atomic E-state index is -4.68. The number of hydrogen-bond acceptors (Lipinski definition) is 13. The molecule has 0 bridgehead atoms. The molecular weight excluding hydrogens is 1000 g/mol. The van der Waals surface area contributed by atoms with Crippen molar-refractivity contribution < 1.29 is 46.1 Å². The summed E-state index contributed by atoms with van der Waals surface area (Å²) in [7, 11) is 0. The number of nitrogens with one attached hydrogen (secondary N) is 1. The lowest BCUT2D eigenvalue weighted by Gasteiger charge is -2.34. The van der Waals surface area contributed by atoms with E-state index in [1.165, 1.54) is 6.07 Å². The number of nitriles is 2. The number of ketones is 2. The van der Waals surface area contributed by atoms with Gasteiger partial charge in [0.15, 0.2) is 0 Å². The smallest absolute Gasteiger partial charge is 0.396 e. The number of carbonyl (C=O) groups excluding carboxylic acids is 2. The summed E-state index contributed by atoms with van der Waals surface area (Å²) in [5.74, 6) is -1.62. The van der Waals surface area contributed by atoms with E-state index >= 15 is 0 Å². The lowest BCUT2D eigenvalue weighted by atomic mass is 9.80. The van der Waals surface area contributed by atoms with Gasteiger partial charge in [0.1, 0.15) is 28.4 Å². The van der Waals surface area contributed by atoms with Crippen LogP contribution in [-0.4, -0.2) is 94.2 Å². The molecule has 4 aliphatic rings. The van der Waals surface area contributed by atoms with Crippen LogP contribution in [0.5, 0.6) is 0 Å². The Morgan fingerprint density at radius 3 is 1.49 bits per heavy atom. The van der Waals surface area contributed by atoms with E-state index in [9.17, 15) is 41.0 Å². The molecule has 3 N–H and O–H groups in total. The molecule has 75 heavy (non-hydrogen) atoms. The number of nitrogens with zero attached hydrogens (tertiary/aromatic N) is 8. The normalized spacial score (nSPS) is 20.4. The van der Waals surface area contributed by atoms with E-state index in [1.807, 2.05) is 29.2 Å². The molecule has 2 atom stereocenters. The summed E-state index contributed by atoms with van der Waals surface area (Å²) in [5.41, 5.74) is 3.72. The zero-order chi connectivity index (χ0) is 54.0. The van der Waals surface area contributed by atoms with Crippen LogP contribution < -0.4 is 15.1 Å². The predicted molar refractivity (Wildman–Crippen MR) is 272 cm³/mol.